The van der Waals surface area contributed by atoms with Crippen LogP contribution in [-0.4, -0.2) is 135 Å². The predicted octanol–water partition coefficient (Wildman–Crippen LogP) is 3.72. The van der Waals surface area contributed by atoms with Gasteiger partial charge in [0.2, 0.25) is 41.4 Å². The smallest absolute Gasteiger partial charge is 0.246 e. The van der Waals surface area contributed by atoms with Crippen LogP contribution in [-0.2, 0) is 40.0 Å². The fourth-order valence-electron chi connectivity index (χ4n) is 9.89. The highest BCUT2D eigenvalue weighted by Gasteiger charge is 2.46. The number of aryl methyl sites for hydroxylation is 3. The molecule has 0 unspecified atom stereocenters. The molecule has 392 valence electrons. The van der Waals surface area contributed by atoms with E-state index in [1.165, 1.54) is 22.8 Å². The number of aliphatic hydroxyl groups is 1. The second kappa shape index (κ2) is 24.2. The van der Waals surface area contributed by atoms with Crippen LogP contribution < -0.4 is 32.2 Å². The van der Waals surface area contributed by atoms with E-state index in [0.29, 0.717) is 49.8 Å². The lowest BCUT2D eigenvalue weighted by molar-refractivity contribution is -0.144. The van der Waals surface area contributed by atoms with Crippen molar-refractivity contribution in [1.29, 1.82) is 0 Å². The fraction of sp³-hybridized carbons (Fsp3) is 0.577. The van der Waals surface area contributed by atoms with Crippen molar-refractivity contribution in [2.24, 2.45) is 16.9 Å². The van der Waals surface area contributed by atoms with Gasteiger partial charge in [0.15, 0.2) is 11.6 Å². The number of amides is 7. The summed E-state index contributed by atoms with van der Waals surface area (Å²) in [5.41, 5.74) is 16.6. The number of rotatable bonds is 19. The summed E-state index contributed by atoms with van der Waals surface area (Å²) < 4.78 is 22.1. The highest BCUT2D eigenvalue weighted by Crippen LogP contribution is 2.32. The van der Waals surface area contributed by atoms with Gasteiger partial charge in [0, 0.05) is 51.9 Å². The third kappa shape index (κ3) is 13.9. The number of thiazole rings is 1. The van der Waals surface area contributed by atoms with Gasteiger partial charge in [-0.3, -0.25) is 33.6 Å². The van der Waals surface area contributed by atoms with Crippen LogP contribution in [0.3, 0.4) is 0 Å². The number of likely N-dealkylation sites (tertiary alicyclic amines) is 1. The highest BCUT2D eigenvalue weighted by molar-refractivity contribution is 7.13. The van der Waals surface area contributed by atoms with Crippen molar-refractivity contribution < 1.29 is 47.8 Å². The van der Waals surface area contributed by atoms with Gasteiger partial charge in [-0.25, -0.2) is 9.37 Å². The molecule has 72 heavy (non-hydrogen) atoms. The molecule has 3 aliphatic rings. The van der Waals surface area contributed by atoms with Gasteiger partial charge in [-0.1, -0.05) is 51.1 Å². The van der Waals surface area contributed by atoms with Gasteiger partial charge in [0.05, 0.1) is 34.3 Å². The maximum atomic E-state index is 16.1. The molecule has 2 aromatic carbocycles. The second-order valence-electron chi connectivity index (χ2n) is 20.7. The van der Waals surface area contributed by atoms with Gasteiger partial charge in [0.25, 0.3) is 0 Å². The third-order valence-corrected chi connectivity index (χ3v) is 14.9. The summed E-state index contributed by atoms with van der Waals surface area (Å²) in [4.78, 5) is 102. The maximum absolute atomic E-state index is 16.1. The van der Waals surface area contributed by atoms with Crippen molar-refractivity contribution >= 4 is 52.7 Å². The van der Waals surface area contributed by atoms with Crippen molar-refractivity contribution in [3.05, 3.63) is 70.1 Å². The van der Waals surface area contributed by atoms with E-state index >= 15 is 4.39 Å². The first kappa shape index (κ1) is 55.3. The molecule has 0 saturated carbocycles. The zero-order valence-corrected chi connectivity index (χ0v) is 43.3. The molecule has 3 fully saturated rings. The summed E-state index contributed by atoms with van der Waals surface area (Å²) >= 11 is 1.55. The molecule has 4 heterocycles. The van der Waals surface area contributed by atoms with Gasteiger partial charge in [0.1, 0.15) is 30.8 Å². The van der Waals surface area contributed by atoms with Crippen LogP contribution in [0.4, 0.5) is 4.39 Å². The Kier molecular flexibility index (Phi) is 18.6. The Morgan fingerprint density at radius 1 is 0.958 bits per heavy atom. The molecular weight excluding hydrogens is 946 g/mol. The second-order valence-corrected chi connectivity index (χ2v) is 21.6. The van der Waals surface area contributed by atoms with Crippen molar-refractivity contribution in [2.75, 3.05) is 26.2 Å². The summed E-state index contributed by atoms with van der Waals surface area (Å²) in [6, 6.07) is 5.86. The third-order valence-electron chi connectivity index (χ3n) is 13.9. The number of nitrogens with zero attached hydrogens (tertiary/aromatic N) is 4. The Labute approximate surface area is 425 Å². The molecule has 0 aliphatic carbocycles. The SMILES string of the molecule is CC(=O)N1CC[C@H]2CC[C@@H](C(=O)N[C@@H](CCC(N)=O)COc3cc(C)cc(CCCCC(=O)N[C@H](C(=O)N4C[C@H](O)C[C@H]4C(=O)N[C@@H](C)c4ccc(-c5scnc5C)cc4)C(C)(C)C)c3F)N2C(=O)[C@@H](N)C1. The first-order valence-corrected chi connectivity index (χ1v) is 25.8. The minimum atomic E-state index is -1.01. The minimum Gasteiger partial charge on any atom is -0.488 e. The molecule has 6 rings (SSSR count). The minimum absolute atomic E-state index is 0.0386. The van der Waals surface area contributed by atoms with E-state index in [1.54, 1.807) is 34.7 Å². The number of nitrogens with one attached hydrogen (secondary N) is 3. The molecular formula is C52H72FN9O9S. The number of carbonyl (C=O) groups is 7. The molecule has 8 N–H and O–H groups in total. The van der Waals surface area contributed by atoms with E-state index in [-0.39, 0.29) is 75.5 Å². The first-order chi connectivity index (χ1) is 34.0. The maximum Gasteiger partial charge on any atom is 0.246 e. The van der Waals surface area contributed by atoms with Crippen LogP contribution >= 0.6 is 11.3 Å². The fourth-order valence-corrected chi connectivity index (χ4v) is 10.7. The Hall–Kier alpha value is -5.99. The molecule has 18 nitrogen and oxygen atoms in total. The predicted molar refractivity (Wildman–Crippen MR) is 269 cm³/mol. The quantitative estimate of drug-likeness (QED) is 0.0944. The monoisotopic (exact) mass is 1020 g/mol. The number of ether oxygens (including phenoxy) is 1. The Balaban J connectivity index is 1.02. The zero-order valence-electron chi connectivity index (χ0n) is 42.5. The molecule has 3 aliphatic heterocycles. The van der Waals surface area contributed by atoms with Crippen molar-refractivity contribution in [3.63, 3.8) is 0 Å². The molecule has 20 heteroatoms. The van der Waals surface area contributed by atoms with Gasteiger partial charge in [-0.15, -0.1) is 11.3 Å². The number of halogens is 1. The summed E-state index contributed by atoms with van der Waals surface area (Å²) in [7, 11) is 0. The Bertz CT molecular complexity index is 2460. The number of hydrogen-bond acceptors (Lipinski definition) is 12. The average molecular weight is 1020 g/mol. The number of β-amino-alcohol motifs (C(OH)–C–C–N with tert-alkyl or cyclic N) is 1. The number of hydrogen-bond donors (Lipinski definition) is 6. The van der Waals surface area contributed by atoms with E-state index in [1.807, 2.05) is 58.9 Å². The number of benzene rings is 2. The number of carbonyl (C=O) groups excluding carboxylic acids is 7. The first-order valence-electron chi connectivity index (χ1n) is 24.9. The van der Waals surface area contributed by atoms with Gasteiger partial charge < -0.3 is 52.0 Å². The molecule has 7 amide bonds. The summed E-state index contributed by atoms with van der Waals surface area (Å²) in [6.07, 6.45) is 1.64. The van der Waals surface area contributed by atoms with Crippen LogP contribution in [0.1, 0.15) is 121 Å². The van der Waals surface area contributed by atoms with E-state index in [2.05, 4.69) is 20.9 Å². The van der Waals surface area contributed by atoms with Crippen molar-refractivity contribution in [1.82, 2.24) is 35.6 Å². The molecule has 0 radical (unpaired) electrons. The number of aromatic nitrogens is 1. The number of aliphatic hydroxyl groups excluding tert-OH is 1. The lowest BCUT2D eigenvalue weighted by Gasteiger charge is -2.37. The Morgan fingerprint density at radius 2 is 1.67 bits per heavy atom. The largest absolute Gasteiger partial charge is 0.488 e. The topological polar surface area (TPSA) is 260 Å². The highest BCUT2D eigenvalue weighted by atomic mass is 32.1. The molecule has 3 saturated heterocycles. The van der Waals surface area contributed by atoms with Crippen LogP contribution in [0.2, 0.25) is 0 Å². The zero-order chi connectivity index (χ0) is 52.6. The van der Waals surface area contributed by atoms with Gasteiger partial charge >= 0.3 is 0 Å². The summed E-state index contributed by atoms with van der Waals surface area (Å²) in [6.45, 7) is 12.7. The number of primary amides is 1. The van der Waals surface area contributed by atoms with Crippen LogP contribution in [0.15, 0.2) is 41.9 Å². The molecule has 8 atom stereocenters. The van der Waals surface area contributed by atoms with E-state index in [4.69, 9.17) is 16.2 Å². The lowest BCUT2D eigenvalue weighted by atomic mass is 9.85. The molecule has 0 spiro atoms. The van der Waals surface area contributed by atoms with Crippen LogP contribution in [0.5, 0.6) is 5.75 Å². The number of unbranched alkanes of at least 4 members (excludes halogenated alkanes) is 1. The van der Waals surface area contributed by atoms with E-state index in [0.717, 1.165) is 21.7 Å². The molecule has 0 bridgehead atoms. The molecule has 1 aromatic heterocycles. The standard InChI is InChI=1S/C52H72FN9O9S/c1-29-22-35(45(53)42(23-29)71-27-36(16-19-43(55)65)58-48(67)40-18-17-37-20-21-60(32(4)63)26-39(54)50(69)62(37)40)10-8-9-11-44(66)59-47(52(5,6)7)51(70)61-25-38(64)24-41(61)49(68)57-30(2)33-12-14-34(15-13-33)46-31(3)56-28-72-46/h12-15,22-23,28,30,36-41,47,64H,8-11,16-21,24-27,54H2,1-7H3,(H2,55,65)(H,57,68)(H,58,67)(H,59,66)/t30-,36-,37+,38+,39-,40-,41-,47+/m0/s1. The van der Waals surface area contributed by atoms with Crippen LogP contribution in [0, 0.1) is 25.1 Å². The van der Waals surface area contributed by atoms with Gasteiger partial charge in [-0.05, 0) is 99.5 Å². The normalized spacial score (nSPS) is 21.5. The average Bonchev–Trinajstić information content (AvgIpc) is 4.06. The summed E-state index contributed by atoms with van der Waals surface area (Å²) in [5.74, 6) is -3.59. The van der Waals surface area contributed by atoms with Crippen molar-refractivity contribution in [2.45, 2.75) is 161 Å². The van der Waals surface area contributed by atoms with Crippen molar-refractivity contribution in [3.8, 4) is 16.2 Å². The number of fused-ring (bicyclic) bond motifs is 1. The van der Waals surface area contributed by atoms with Crippen LogP contribution in [0.25, 0.3) is 10.4 Å². The van der Waals surface area contributed by atoms with E-state index < -0.39 is 83.0 Å². The Morgan fingerprint density at radius 3 is 2.32 bits per heavy atom. The van der Waals surface area contributed by atoms with Gasteiger partial charge in [-0.2, -0.15) is 0 Å². The summed E-state index contributed by atoms with van der Waals surface area (Å²) in [5, 5.41) is 19.5. The van der Waals surface area contributed by atoms with E-state index in [9.17, 15) is 38.7 Å². The lowest BCUT2D eigenvalue weighted by Crippen LogP contribution is -2.59. The number of nitrogens with two attached hydrogens (primary N) is 2. The molecule has 3 aromatic rings.